The van der Waals surface area contributed by atoms with E-state index in [1.165, 1.54) is 11.8 Å². The molecule has 29 heavy (non-hydrogen) atoms. The Morgan fingerprint density at radius 1 is 1.10 bits per heavy atom. The lowest BCUT2D eigenvalue weighted by molar-refractivity contribution is -0.115. The SMILES string of the molecule is COc1ccc(NC(=O)[C@@H](C)Sc2nnc(C)n2Cc2ccccc2)cc1OC. The second-order valence-electron chi connectivity index (χ2n) is 6.42. The first-order chi connectivity index (χ1) is 14.0. The molecular weight excluding hydrogens is 388 g/mol. The Bertz CT molecular complexity index is 975. The number of amides is 1. The molecule has 1 atom stereocenters. The van der Waals surface area contributed by atoms with E-state index in [9.17, 15) is 4.79 Å². The minimum atomic E-state index is -0.360. The largest absolute Gasteiger partial charge is 0.493 e. The van der Waals surface area contributed by atoms with Gasteiger partial charge in [0.25, 0.3) is 0 Å². The summed E-state index contributed by atoms with van der Waals surface area (Å²) >= 11 is 1.38. The van der Waals surface area contributed by atoms with E-state index in [0.29, 0.717) is 28.9 Å². The Hall–Kier alpha value is -3.00. The molecule has 1 aromatic heterocycles. The van der Waals surface area contributed by atoms with Gasteiger partial charge in [-0.05, 0) is 31.5 Å². The molecule has 0 spiro atoms. The number of nitrogens with one attached hydrogen (secondary N) is 1. The molecule has 2 aromatic carbocycles. The maximum atomic E-state index is 12.7. The van der Waals surface area contributed by atoms with Crippen molar-refractivity contribution < 1.29 is 14.3 Å². The topological polar surface area (TPSA) is 78.3 Å². The van der Waals surface area contributed by atoms with Crippen LogP contribution in [0.2, 0.25) is 0 Å². The third-order valence-electron chi connectivity index (χ3n) is 4.39. The summed E-state index contributed by atoms with van der Waals surface area (Å²) in [5, 5.41) is 11.7. The smallest absolute Gasteiger partial charge is 0.237 e. The van der Waals surface area contributed by atoms with E-state index in [4.69, 9.17) is 9.47 Å². The fourth-order valence-corrected chi connectivity index (χ4v) is 3.66. The number of carbonyl (C=O) groups is 1. The van der Waals surface area contributed by atoms with Gasteiger partial charge in [-0.25, -0.2) is 0 Å². The summed E-state index contributed by atoms with van der Waals surface area (Å²) in [4.78, 5) is 12.7. The van der Waals surface area contributed by atoms with Crippen molar-refractivity contribution in [1.29, 1.82) is 0 Å². The highest BCUT2D eigenvalue weighted by Crippen LogP contribution is 2.30. The zero-order valence-corrected chi connectivity index (χ0v) is 17.7. The Labute approximate surface area is 174 Å². The van der Waals surface area contributed by atoms with Crippen molar-refractivity contribution in [3.8, 4) is 11.5 Å². The fourth-order valence-electron chi connectivity index (χ4n) is 2.77. The summed E-state index contributed by atoms with van der Waals surface area (Å²) in [6, 6.07) is 15.4. The molecule has 0 aliphatic rings. The maximum Gasteiger partial charge on any atom is 0.237 e. The molecule has 0 saturated heterocycles. The average molecular weight is 413 g/mol. The number of aryl methyl sites for hydroxylation is 1. The van der Waals surface area contributed by atoms with Gasteiger partial charge in [-0.15, -0.1) is 10.2 Å². The van der Waals surface area contributed by atoms with E-state index in [1.54, 1.807) is 32.4 Å². The number of ether oxygens (including phenoxy) is 2. The van der Waals surface area contributed by atoms with Gasteiger partial charge in [0.2, 0.25) is 5.91 Å². The van der Waals surface area contributed by atoms with Crippen molar-refractivity contribution in [1.82, 2.24) is 14.8 Å². The van der Waals surface area contributed by atoms with Crippen LogP contribution in [0.1, 0.15) is 18.3 Å². The molecule has 7 nitrogen and oxygen atoms in total. The first-order valence-electron chi connectivity index (χ1n) is 9.15. The monoisotopic (exact) mass is 412 g/mol. The normalized spacial score (nSPS) is 11.7. The van der Waals surface area contributed by atoms with Crippen LogP contribution in [-0.2, 0) is 11.3 Å². The van der Waals surface area contributed by atoms with Crippen LogP contribution in [0, 0.1) is 6.92 Å². The number of nitrogens with zero attached hydrogens (tertiary/aromatic N) is 3. The second kappa shape index (κ2) is 9.47. The molecular formula is C21H24N4O3S. The molecule has 8 heteroatoms. The third kappa shape index (κ3) is 5.08. The van der Waals surface area contributed by atoms with E-state index >= 15 is 0 Å². The molecule has 1 amide bonds. The lowest BCUT2D eigenvalue weighted by Crippen LogP contribution is -2.23. The lowest BCUT2D eigenvalue weighted by Gasteiger charge is -2.14. The highest BCUT2D eigenvalue weighted by atomic mass is 32.2. The summed E-state index contributed by atoms with van der Waals surface area (Å²) in [5.41, 5.74) is 1.79. The number of methoxy groups -OCH3 is 2. The third-order valence-corrected chi connectivity index (χ3v) is 5.47. The van der Waals surface area contributed by atoms with Gasteiger partial charge in [0.05, 0.1) is 26.0 Å². The van der Waals surface area contributed by atoms with Gasteiger partial charge < -0.3 is 19.4 Å². The standard InChI is InChI=1S/C21H24N4O3S/c1-14(20(26)22-17-10-11-18(27-3)19(12-17)28-4)29-21-24-23-15(2)25(21)13-16-8-6-5-7-9-16/h5-12,14H,13H2,1-4H3,(H,22,26)/t14-/m1/s1. The first-order valence-corrected chi connectivity index (χ1v) is 10.0. The predicted octanol–water partition coefficient (Wildman–Crippen LogP) is 3.77. The fraction of sp³-hybridized carbons (Fsp3) is 0.286. The highest BCUT2D eigenvalue weighted by Gasteiger charge is 2.20. The predicted molar refractivity (Wildman–Crippen MR) is 114 cm³/mol. The minimum absolute atomic E-state index is 0.130. The molecule has 0 radical (unpaired) electrons. The number of rotatable bonds is 8. The number of anilines is 1. The number of aromatic nitrogens is 3. The second-order valence-corrected chi connectivity index (χ2v) is 7.73. The summed E-state index contributed by atoms with van der Waals surface area (Å²) in [6.07, 6.45) is 0. The molecule has 0 aliphatic carbocycles. The van der Waals surface area contributed by atoms with E-state index in [-0.39, 0.29) is 11.2 Å². The summed E-state index contributed by atoms with van der Waals surface area (Å²) in [5.74, 6) is 1.85. The van der Waals surface area contributed by atoms with Crippen LogP contribution in [-0.4, -0.2) is 40.1 Å². The summed E-state index contributed by atoms with van der Waals surface area (Å²) in [6.45, 7) is 4.41. The van der Waals surface area contributed by atoms with E-state index in [1.807, 2.05) is 36.6 Å². The van der Waals surface area contributed by atoms with Crippen LogP contribution >= 0.6 is 11.8 Å². The van der Waals surface area contributed by atoms with E-state index in [2.05, 4.69) is 27.6 Å². The van der Waals surface area contributed by atoms with Crippen molar-refractivity contribution >= 4 is 23.4 Å². The van der Waals surface area contributed by atoms with Crippen LogP contribution in [0.5, 0.6) is 11.5 Å². The molecule has 1 N–H and O–H groups in total. The summed E-state index contributed by atoms with van der Waals surface area (Å²) in [7, 11) is 3.13. The molecule has 0 aliphatic heterocycles. The van der Waals surface area contributed by atoms with Crippen molar-refractivity contribution in [2.24, 2.45) is 0 Å². The Kier molecular flexibility index (Phi) is 6.77. The van der Waals surface area contributed by atoms with Gasteiger partial charge in [0.15, 0.2) is 16.7 Å². The maximum absolute atomic E-state index is 12.7. The zero-order valence-electron chi connectivity index (χ0n) is 16.9. The van der Waals surface area contributed by atoms with Crippen LogP contribution < -0.4 is 14.8 Å². The zero-order chi connectivity index (χ0) is 20.8. The number of hydrogen-bond acceptors (Lipinski definition) is 6. The van der Waals surface area contributed by atoms with Crippen LogP contribution in [0.3, 0.4) is 0 Å². The van der Waals surface area contributed by atoms with Crippen LogP contribution in [0.15, 0.2) is 53.7 Å². The van der Waals surface area contributed by atoms with Crippen molar-refractivity contribution in [2.75, 3.05) is 19.5 Å². The molecule has 1 heterocycles. The Morgan fingerprint density at radius 3 is 2.52 bits per heavy atom. The van der Waals surface area contributed by atoms with Crippen LogP contribution in [0.25, 0.3) is 0 Å². The van der Waals surface area contributed by atoms with Crippen molar-refractivity contribution in [2.45, 2.75) is 30.8 Å². The molecule has 0 unspecified atom stereocenters. The van der Waals surface area contributed by atoms with Crippen molar-refractivity contribution in [3.63, 3.8) is 0 Å². The molecule has 3 rings (SSSR count). The highest BCUT2D eigenvalue weighted by molar-refractivity contribution is 8.00. The van der Waals surface area contributed by atoms with Gasteiger partial charge in [-0.3, -0.25) is 4.79 Å². The number of benzene rings is 2. The van der Waals surface area contributed by atoms with Gasteiger partial charge in [0.1, 0.15) is 5.82 Å². The molecule has 0 bridgehead atoms. The molecule has 0 saturated carbocycles. The van der Waals surface area contributed by atoms with Crippen molar-refractivity contribution in [3.05, 3.63) is 59.9 Å². The number of hydrogen-bond donors (Lipinski definition) is 1. The number of carbonyl (C=O) groups excluding carboxylic acids is 1. The average Bonchev–Trinajstić information content (AvgIpc) is 3.07. The molecule has 0 fully saturated rings. The van der Waals surface area contributed by atoms with Crippen LogP contribution in [0.4, 0.5) is 5.69 Å². The number of thioether (sulfide) groups is 1. The van der Waals surface area contributed by atoms with Gasteiger partial charge in [-0.1, -0.05) is 42.1 Å². The Balaban J connectivity index is 1.69. The lowest BCUT2D eigenvalue weighted by atomic mass is 10.2. The molecule has 152 valence electrons. The quantitative estimate of drug-likeness (QED) is 0.568. The van der Waals surface area contributed by atoms with Gasteiger partial charge in [-0.2, -0.15) is 0 Å². The first kappa shape index (κ1) is 20.7. The van der Waals surface area contributed by atoms with Gasteiger partial charge in [0, 0.05) is 11.8 Å². The minimum Gasteiger partial charge on any atom is -0.493 e. The molecule has 3 aromatic rings. The Morgan fingerprint density at radius 2 is 1.83 bits per heavy atom. The summed E-state index contributed by atoms with van der Waals surface area (Å²) < 4.78 is 12.5. The van der Waals surface area contributed by atoms with Gasteiger partial charge >= 0.3 is 0 Å². The van der Waals surface area contributed by atoms with E-state index in [0.717, 1.165) is 11.4 Å². The van der Waals surface area contributed by atoms with E-state index < -0.39 is 0 Å².